The molecule has 1 amide bonds. The first-order chi connectivity index (χ1) is 16.3. The Morgan fingerprint density at radius 2 is 1.82 bits per heavy atom. The molecule has 0 radical (unpaired) electrons. The van der Waals surface area contributed by atoms with Crippen molar-refractivity contribution < 1.29 is 23.1 Å². The zero-order valence-corrected chi connectivity index (χ0v) is 20.7. The van der Waals surface area contributed by atoms with Gasteiger partial charge < -0.3 is 10.5 Å². The van der Waals surface area contributed by atoms with Crippen molar-refractivity contribution in [2.45, 2.75) is 12.8 Å². The van der Waals surface area contributed by atoms with Gasteiger partial charge in [-0.1, -0.05) is 18.2 Å². The first-order valence-corrected chi connectivity index (χ1v) is 12.2. The van der Waals surface area contributed by atoms with Gasteiger partial charge in [-0.15, -0.1) is 0 Å². The Kier molecular flexibility index (Phi) is 7.38. The molecule has 2 N–H and O–H groups in total. The Morgan fingerprint density at radius 3 is 2.53 bits per heavy atom. The number of rotatable bonds is 8. The topological polar surface area (TPSA) is 69.4 Å². The normalized spacial score (nSPS) is 10.8. The average molecular weight is 589 g/mol. The van der Waals surface area contributed by atoms with Crippen LogP contribution in [0.15, 0.2) is 71.4 Å². The predicted octanol–water partition coefficient (Wildman–Crippen LogP) is 6.54. The number of ketones is 1. The fourth-order valence-corrected chi connectivity index (χ4v) is 4.68. The van der Waals surface area contributed by atoms with E-state index in [0.717, 1.165) is 15.7 Å². The maximum atomic E-state index is 14.5. The summed E-state index contributed by atoms with van der Waals surface area (Å²) in [6, 6.07) is 15.4. The number of hydrogen-bond acceptors (Lipinski definition) is 4. The number of carbonyl (C=O) groups excluding carboxylic acids is 2. The van der Waals surface area contributed by atoms with Crippen LogP contribution in [0, 0.1) is 15.2 Å². The van der Waals surface area contributed by atoms with Gasteiger partial charge in [0, 0.05) is 33.4 Å². The molecule has 0 fully saturated rings. The van der Waals surface area contributed by atoms with Gasteiger partial charge in [-0.3, -0.25) is 9.59 Å². The molecule has 0 aliphatic heterocycles. The van der Waals surface area contributed by atoms with E-state index in [1.165, 1.54) is 17.4 Å². The van der Waals surface area contributed by atoms with Crippen molar-refractivity contribution in [1.29, 1.82) is 0 Å². The standard InChI is InChI=1S/C26H18F2INO3S/c27-19-11-18(10-16-4-5-20(29)13-22(16)28)25(26(30)32)24(12-19)33-21-3-1-2-15(8-21)9-23(31)17-6-7-34-14-17/h1-8,11-14H,9-10H2,(H2,30,32). The summed E-state index contributed by atoms with van der Waals surface area (Å²) >= 11 is 3.44. The van der Waals surface area contributed by atoms with Crippen LogP contribution in [0.5, 0.6) is 11.5 Å². The van der Waals surface area contributed by atoms with E-state index in [-0.39, 0.29) is 35.5 Å². The van der Waals surface area contributed by atoms with Gasteiger partial charge in [0.05, 0.1) is 5.56 Å². The second-order valence-corrected chi connectivity index (χ2v) is 9.60. The lowest BCUT2D eigenvalue weighted by Crippen LogP contribution is -2.16. The lowest BCUT2D eigenvalue weighted by atomic mass is 9.98. The quantitative estimate of drug-likeness (QED) is 0.188. The largest absolute Gasteiger partial charge is 0.456 e. The fourth-order valence-electron chi connectivity index (χ4n) is 3.56. The smallest absolute Gasteiger partial charge is 0.252 e. The Balaban J connectivity index is 1.64. The highest BCUT2D eigenvalue weighted by Gasteiger charge is 2.20. The van der Waals surface area contributed by atoms with Gasteiger partial charge in [0.15, 0.2) is 5.78 Å². The number of primary amides is 1. The summed E-state index contributed by atoms with van der Waals surface area (Å²) in [6.07, 6.45) is 0.126. The first-order valence-electron chi connectivity index (χ1n) is 10.2. The molecule has 0 saturated carbocycles. The van der Waals surface area contributed by atoms with Crippen LogP contribution in [-0.2, 0) is 12.8 Å². The van der Waals surface area contributed by atoms with E-state index in [9.17, 15) is 18.4 Å². The molecule has 0 atom stereocenters. The van der Waals surface area contributed by atoms with Gasteiger partial charge in [-0.2, -0.15) is 11.3 Å². The van der Waals surface area contributed by atoms with E-state index in [2.05, 4.69) is 0 Å². The minimum absolute atomic E-state index is 0.0286. The molecule has 0 aliphatic rings. The van der Waals surface area contributed by atoms with Crippen molar-refractivity contribution in [3.63, 3.8) is 0 Å². The molecule has 172 valence electrons. The molecule has 0 bridgehead atoms. The van der Waals surface area contributed by atoms with Crippen LogP contribution in [0.4, 0.5) is 8.78 Å². The Morgan fingerprint density at radius 1 is 1.00 bits per heavy atom. The number of halogens is 3. The molecular weight excluding hydrogens is 571 g/mol. The zero-order chi connectivity index (χ0) is 24.2. The molecule has 0 unspecified atom stereocenters. The fraction of sp³-hybridized carbons (Fsp3) is 0.0769. The van der Waals surface area contributed by atoms with Crippen LogP contribution in [0.25, 0.3) is 0 Å². The van der Waals surface area contributed by atoms with E-state index < -0.39 is 17.5 Å². The number of benzene rings is 3. The van der Waals surface area contributed by atoms with Crippen molar-refractivity contribution in [1.82, 2.24) is 0 Å². The third kappa shape index (κ3) is 5.68. The van der Waals surface area contributed by atoms with Crippen LogP contribution < -0.4 is 10.5 Å². The van der Waals surface area contributed by atoms with E-state index >= 15 is 0 Å². The highest BCUT2D eigenvalue weighted by atomic mass is 127. The Hall–Kier alpha value is -3.11. The maximum Gasteiger partial charge on any atom is 0.252 e. The summed E-state index contributed by atoms with van der Waals surface area (Å²) in [7, 11) is 0. The Bertz CT molecular complexity index is 1370. The number of carbonyl (C=O) groups is 2. The molecule has 1 aromatic heterocycles. The molecule has 0 spiro atoms. The zero-order valence-electron chi connectivity index (χ0n) is 17.7. The van der Waals surface area contributed by atoms with Crippen LogP contribution in [0.2, 0.25) is 0 Å². The summed E-state index contributed by atoms with van der Waals surface area (Å²) < 4.78 is 35.4. The summed E-state index contributed by atoms with van der Waals surface area (Å²) in [6.45, 7) is 0. The monoisotopic (exact) mass is 589 g/mol. The van der Waals surface area contributed by atoms with Crippen LogP contribution in [0.1, 0.15) is 37.4 Å². The number of hydrogen-bond donors (Lipinski definition) is 1. The second-order valence-electron chi connectivity index (χ2n) is 7.58. The molecule has 34 heavy (non-hydrogen) atoms. The second kappa shape index (κ2) is 10.4. The van der Waals surface area contributed by atoms with Gasteiger partial charge in [0.2, 0.25) is 0 Å². The van der Waals surface area contributed by atoms with Crippen LogP contribution >= 0.6 is 33.9 Å². The van der Waals surface area contributed by atoms with E-state index in [1.807, 2.05) is 28.0 Å². The summed E-state index contributed by atoms with van der Waals surface area (Å²) in [5.41, 5.74) is 7.42. The summed E-state index contributed by atoms with van der Waals surface area (Å²) in [4.78, 5) is 24.7. The molecule has 4 rings (SSSR count). The van der Waals surface area contributed by atoms with Crippen molar-refractivity contribution in [3.05, 3.63) is 114 Å². The molecule has 0 saturated heterocycles. The highest BCUT2D eigenvalue weighted by molar-refractivity contribution is 14.1. The minimum Gasteiger partial charge on any atom is -0.456 e. The number of nitrogens with two attached hydrogens (primary N) is 1. The van der Waals surface area contributed by atoms with Crippen molar-refractivity contribution in [3.8, 4) is 11.5 Å². The van der Waals surface area contributed by atoms with Crippen molar-refractivity contribution >= 4 is 45.6 Å². The lowest BCUT2D eigenvalue weighted by molar-refractivity contribution is 0.0987. The Labute approximate surface area is 212 Å². The molecule has 4 aromatic rings. The minimum atomic E-state index is -0.820. The number of amides is 1. The molecule has 1 heterocycles. The lowest BCUT2D eigenvalue weighted by Gasteiger charge is -2.15. The van der Waals surface area contributed by atoms with Gasteiger partial charge in [0.25, 0.3) is 5.91 Å². The van der Waals surface area contributed by atoms with Gasteiger partial charge in [-0.25, -0.2) is 8.78 Å². The van der Waals surface area contributed by atoms with Gasteiger partial charge >= 0.3 is 0 Å². The van der Waals surface area contributed by atoms with E-state index in [0.29, 0.717) is 22.4 Å². The third-order valence-corrected chi connectivity index (χ3v) is 6.48. The van der Waals surface area contributed by atoms with Crippen molar-refractivity contribution in [2.24, 2.45) is 5.73 Å². The predicted molar refractivity (Wildman–Crippen MR) is 136 cm³/mol. The van der Waals surface area contributed by atoms with Gasteiger partial charge in [-0.05, 0) is 81.1 Å². The molecule has 8 heteroatoms. The molecular formula is C26H18F2INO3S. The SMILES string of the molecule is NC(=O)c1c(Cc2ccc(I)cc2F)cc(F)cc1Oc1cccc(CC(=O)c2ccsc2)c1. The average Bonchev–Trinajstić information content (AvgIpc) is 3.31. The maximum absolute atomic E-state index is 14.5. The van der Waals surface area contributed by atoms with Crippen molar-refractivity contribution in [2.75, 3.05) is 0 Å². The van der Waals surface area contributed by atoms with Crippen LogP contribution in [-0.4, -0.2) is 11.7 Å². The van der Waals surface area contributed by atoms with Crippen LogP contribution in [0.3, 0.4) is 0 Å². The number of Topliss-reactive ketones (excluding diaryl/α,β-unsaturated/α-hetero) is 1. The summed E-state index contributed by atoms with van der Waals surface area (Å²) in [5.74, 6) is -1.73. The summed E-state index contributed by atoms with van der Waals surface area (Å²) in [5, 5.41) is 3.62. The number of thiophene rings is 1. The van der Waals surface area contributed by atoms with E-state index in [4.69, 9.17) is 10.5 Å². The molecule has 0 aliphatic carbocycles. The third-order valence-electron chi connectivity index (χ3n) is 5.13. The highest BCUT2D eigenvalue weighted by Crippen LogP contribution is 2.31. The molecule has 3 aromatic carbocycles. The van der Waals surface area contributed by atoms with Gasteiger partial charge in [0.1, 0.15) is 23.1 Å². The number of ether oxygens (including phenoxy) is 1. The first kappa shape index (κ1) is 24.0. The molecule has 4 nitrogen and oxygen atoms in total. The van der Waals surface area contributed by atoms with E-state index in [1.54, 1.807) is 47.8 Å².